The second-order valence-corrected chi connectivity index (χ2v) is 6.45. The Kier molecular flexibility index (Phi) is 4.03. The molecule has 1 aliphatic rings. The van der Waals surface area contributed by atoms with E-state index in [0.29, 0.717) is 11.2 Å². The van der Waals surface area contributed by atoms with Crippen molar-refractivity contribution in [3.05, 3.63) is 29.3 Å². The Hall–Kier alpha value is -1.40. The van der Waals surface area contributed by atoms with Crippen LogP contribution in [0.1, 0.15) is 36.5 Å². The molecule has 0 amide bonds. The van der Waals surface area contributed by atoms with Gasteiger partial charge >= 0.3 is 0 Å². The molecule has 1 aliphatic heterocycles. The van der Waals surface area contributed by atoms with Crippen molar-refractivity contribution in [3.8, 4) is 0 Å². The lowest BCUT2D eigenvalue weighted by molar-refractivity contribution is 0.169. The molecule has 2 aromatic rings. The highest BCUT2D eigenvalue weighted by Gasteiger charge is 2.22. The Morgan fingerprint density at radius 1 is 1.45 bits per heavy atom. The highest BCUT2D eigenvalue weighted by atomic mass is 32.1. The minimum Gasteiger partial charge on any atom is -0.375 e. The van der Waals surface area contributed by atoms with E-state index >= 15 is 0 Å². The first-order chi connectivity index (χ1) is 9.76. The van der Waals surface area contributed by atoms with Gasteiger partial charge in [0, 0.05) is 49.0 Å². The molecule has 1 fully saturated rings. The summed E-state index contributed by atoms with van der Waals surface area (Å²) in [6.45, 7) is 5.37. The molecule has 0 spiro atoms. The molecule has 3 rings (SSSR count). The number of imidazole rings is 1. The number of nitrogens with two attached hydrogens (primary N) is 1. The van der Waals surface area contributed by atoms with E-state index in [1.807, 2.05) is 12.4 Å². The SMILES string of the molecule is CCc1nccn1C1CCCN(Cc2cnc(N)s2)C1. The van der Waals surface area contributed by atoms with Gasteiger partial charge < -0.3 is 10.3 Å². The summed E-state index contributed by atoms with van der Waals surface area (Å²) >= 11 is 1.59. The van der Waals surface area contributed by atoms with Gasteiger partial charge in [-0.25, -0.2) is 9.97 Å². The van der Waals surface area contributed by atoms with Crippen molar-refractivity contribution >= 4 is 16.5 Å². The lowest BCUT2D eigenvalue weighted by Gasteiger charge is -2.33. The van der Waals surface area contributed by atoms with Crippen molar-refractivity contribution in [1.82, 2.24) is 19.4 Å². The molecule has 2 aromatic heterocycles. The summed E-state index contributed by atoms with van der Waals surface area (Å²) in [5.41, 5.74) is 5.70. The van der Waals surface area contributed by atoms with Gasteiger partial charge in [-0.3, -0.25) is 4.90 Å². The third kappa shape index (κ3) is 2.86. The van der Waals surface area contributed by atoms with Crippen molar-refractivity contribution in [1.29, 1.82) is 0 Å². The zero-order valence-electron chi connectivity index (χ0n) is 11.8. The van der Waals surface area contributed by atoms with Crippen LogP contribution in [-0.2, 0) is 13.0 Å². The molecule has 1 atom stereocenters. The maximum Gasteiger partial charge on any atom is 0.180 e. The second-order valence-electron chi connectivity index (χ2n) is 5.30. The van der Waals surface area contributed by atoms with Gasteiger partial charge in [-0.05, 0) is 19.4 Å². The Morgan fingerprint density at radius 2 is 2.35 bits per heavy atom. The number of hydrogen-bond acceptors (Lipinski definition) is 5. The van der Waals surface area contributed by atoms with Crippen molar-refractivity contribution < 1.29 is 0 Å². The maximum absolute atomic E-state index is 5.70. The summed E-state index contributed by atoms with van der Waals surface area (Å²) in [6, 6.07) is 0.548. The summed E-state index contributed by atoms with van der Waals surface area (Å²) in [4.78, 5) is 12.3. The second kappa shape index (κ2) is 5.93. The molecule has 6 heteroatoms. The predicted molar refractivity (Wildman–Crippen MR) is 81.7 cm³/mol. The van der Waals surface area contributed by atoms with Crippen LogP contribution in [0.3, 0.4) is 0 Å². The van der Waals surface area contributed by atoms with Gasteiger partial charge in [0.1, 0.15) is 5.82 Å². The van der Waals surface area contributed by atoms with E-state index in [1.54, 1.807) is 11.3 Å². The third-order valence-electron chi connectivity index (χ3n) is 3.89. The zero-order chi connectivity index (χ0) is 13.9. The summed E-state index contributed by atoms with van der Waals surface area (Å²) in [5, 5.41) is 0.663. The molecular formula is C14H21N5S. The highest BCUT2D eigenvalue weighted by molar-refractivity contribution is 7.15. The van der Waals surface area contributed by atoms with Crippen molar-refractivity contribution in [3.63, 3.8) is 0 Å². The van der Waals surface area contributed by atoms with Crippen LogP contribution < -0.4 is 5.73 Å². The van der Waals surface area contributed by atoms with E-state index in [0.717, 1.165) is 26.1 Å². The number of piperidine rings is 1. The first-order valence-electron chi connectivity index (χ1n) is 7.20. The fraction of sp³-hybridized carbons (Fsp3) is 0.571. The summed E-state index contributed by atoms with van der Waals surface area (Å²) in [5.74, 6) is 1.19. The van der Waals surface area contributed by atoms with Crippen LogP contribution in [0.4, 0.5) is 5.13 Å². The van der Waals surface area contributed by atoms with E-state index in [1.165, 1.54) is 23.5 Å². The Labute approximate surface area is 123 Å². The van der Waals surface area contributed by atoms with Gasteiger partial charge in [-0.2, -0.15) is 0 Å². The van der Waals surface area contributed by atoms with Crippen molar-refractivity contribution in [2.75, 3.05) is 18.8 Å². The number of aryl methyl sites for hydroxylation is 1. The molecular weight excluding hydrogens is 270 g/mol. The topological polar surface area (TPSA) is 60.0 Å². The molecule has 0 aromatic carbocycles. The number of rotatable bonds is 4. The molecule has 0 bridgehead atoms. The van der Waals surface area contributed by atoms with E-state index in [2.05, 4.69) is 32.6 Å². The lowest BCUT2D eigenvalue weighted by Crippen LogP contribution is -2.36. The van der Waals surface area contributed by atoms with E-state index in [-0.39, 0.29) is 0 Å². The van der Waals surface area contributed by atoms with Crippen LogP contribution in [0.15, 0.2) is 18.6 Å². The number of nitrogen functional groups attached to an aromatic ring is 1. The van der Waals surface area contributed by atoms with Gasteiger partial charge in [-0.15, -0.1) is 11.3 Å². The summed E-state index contributed by atoms with van der Waals surface area (Å²) < 4.78 is 2.35. The number of nitrogens with zero attached hydrogens (tertiary/aromatic N) is 4. The third-order valence-corrected chi connectivity index (χ3v) is 4.70. The van der Waals surface area contributed by atoms with Gasteiger partial charge in [0.25, 0.3) is 0 Å². The maximum atomic E-state index is 5.70. The first kappa shape index (κ1) is 13.6. The van der Waals surface area contributed by atoms with Gasteiger partial charge in [0.05, 0.1) is 0 Å². The average Bonchev–Trinajstić information content (AvgIpc) is 3.08. The zero-order valence-corrected chi connectivity index (χ0v) is 12.6. The molecule has 1 saturated heterocycles. The molecule has 108 valence electrons. The number of hydrogen-bond donors (Lipinski definition) is 1. The van der Waals surface area contributed by atoms with Crippen LogP contribution in [0.2, 0.25) is 0 Å². The van der Waals surface area contributed by atoms with E-state index in [9.17, 15) is 0 Å². The first-order valence-corrected chi connectivity index (χ1v) is 8.02. The quantitative estimate of drug-likeness (QED) is 0.939. The highest BCUT2D eigenvalue weighted by Crippen LogP contribution is 2.25. The number of likely N-dealkylation sites (tertiary alicyclic amines) is 1. The average molecular weight is 291 g/mol. The van der Waals surface area contributed by atoms with Crippen LogP contribution >= 0.6 is 11.3 Å². The molecule has 2 N–H and O–H groups in total. The number of thiazole rings is 1. The van der Waals surface area contributed by atoms with Gasteiger partial charge in [0.15, 0.2) is 5.13 Å². The van der Waals surface area contributed by atoms with Crippen molar-refractivity contribution in [2.45, 2.75) is 38.8 Å². The van der Waals surface area contributed by atoms with Gasteiger partial charge in [0.2, 0.25) is 0 Å². The monoisotopic (exact) mass is 291 g/mol. The minimum absolute atomic E-state index is 0.548. The van der Waals surface area contributed by atoms with Gasteiger partial charge in [-0.1, -0.05) is 6.92 Å². The smallest absolute Gasteiger partial charge is 0.180 e. The summed E-state index contributed by atoms with van der Waals surface area (Å²) in [6.07, 6.45) is 9.41. The Balaban J connectivity index is 1.67. The van der Waals surface area contributed by atoms with Crippen LogP contribution in [0.25, 0.3) is 0 Å². The number of aromatic nitrogens is 3. The summed E-state index contributed by atoms with van der Waals surface area (Å²) in [7, 11) is 0. The molecule has 20 heavy (non-hydrogen) atoms. The normalized spacial score (nSPS) is 20.4. The fourth-order valence-corrected chi connectivity index (χ4v) is 3.69. The Morgan fingerprint density at radius 3 is 3.10 bits per heavy atom. The molecule has 5 nitrogen and oxygen atoms in total. The fourth-order valence-electron chi connectivity index (χ4n) is 2.97. The molecule has 0 saturated carbocycles. The molecule has 0 radical (unpaired) electrons. The molecule has 1 unspecified atom stereocenters. The van der Waals surface area contributed by atoms with Crippen molar-refractivity contribution in [2.24, 2.45) is 0 Å². The lowest BCUT2D eigenvalue weighted by atomic mass is 10.1. The van der Waals surface area contributed by atoms with E-state index < -0.39 is 0 Å². The number of anilines is 1. The van der Waals surface area contributed by atoms with Crippen LogP contribution in [0, 0.1) is 0 Å². The standard InChI is InChI=1S/C14H21N5S/c1-2-13-16-5-7-19(13)11-4-3-6-18(9-11)10-12-8-17-14(15)20-12/h5,7-8,11H,2-4,6,9-10H2,1H3,(H2,15,17). The molecule has 3 heterocycles. The minimum atomic E-state index is 0.548. The van der Waals surface area contributed by atoms with Crippen LogP contribution in [-0.4, -0.2) is 32.5 Å². The Bertz CT molecular complexity index is 561. The van der Waals surface area contributed by atoms with Crippen LogP contribution in [0.5, 0.6) is 0 Å². The predicted octanol–water partition coefficient (Wildman–Crippen LogP) is 2.32. The van der Waals surface area contributed by atoms with E-state index in [4.69, 9.17) is 5.73 Å². The molecule has 0 aliphatic carbocycles. The largest absolute Gasteiger partial charge is 0.375 e.